The largest absolute Gasteiger partial charge is 0.348 e. The Kier molecular flexibility index (Phi) is 5.38. The van der Waals surface area contributed by atoms with Gasteiger partial charge in [-0.25, -0.2) is 5.26 Å². The smallest absolute Gasteiger partial charge is 0.132 e. The van der Waals surface area contributed by atoms with Gasteiger partial charge in [-0.1, -0.05) is 6.08 Å². The summed E-state index contributed by atoms with van der Waals surface area (Å²) >= 11 is 0. The highest BCUT2D eigenvalue weighted by molar-refractivity contribution is 5.71. The van der Waals surface area contributed by atoms with Gasteiger partial charge >= 0.3 is 0 Å². The lowest BCUT2D eigenvalue weighted by molar-refractivity contribution is -0.187. The molecular formula is C7H11NO2. The van der Waals surface area contributed by atoms with E-state index in [0.717, 1.165) is 5.57 Å². The summed E-state index contributed by atoms with van der Waals surface area (Å²) in [5, 5.41) is 7.95. The summed E-state index contributed by atoms with van der Waals surface area (Å²) in [6.07, 6.45) is 6.41. The molecule has 10 heavy (non-hydrogen) atoms. The molecule has 0 aliphatic heterocycles. The van der Waals surface area contributed by atoms with Gasteiger partial charge < -0.3 is 4.89 Å². The minimum Gasteiger partial charge on any atom is -0.348 e. The molecule has 0 amide bonds. The summed E-state index contributed by atoms with van der Waals surface area (Å²) < 4.78 is 0. The van der Waals surface area contributed by atoms with Gasteiger partial charge in [0.05, 0.1) is 0 Å². The van der Waals surface area contributed by atoms with Gasteiger partial charge in [0.1, 0.15) is 6.26 Å². The molecule has 0 aliphatic rings. The molecule has 1 N–H and O–H groups in total. The van der Waals surface area contributed by atoms with Crippen molar-refractivity contribution in [1.29, 1.82) is 0 Å². The monoisotopic (exact) mass is 141 g/mol. The molecule has 3 nitrogen and oxygen atoms in total. The van der Waals surface area contributed by atoms with E-state index < -0.39 is 0 Å². The van der Waals surface area contributed by atoms with E-state index in [9.17, 15) is 0 Å². The molecule has 0 heterocycles. The molecule has 0 aliphatic carbocycles. The van der Waals surface area contributed by atoms with E-state index in [1.165, 1.54) is 6.26 Å². The zero-order chi connectivity index (χ0) is 7.82. The van der Waals surface area contributed by atoms with E-state index in [2.05, 4.69) is 9.88 Å². The zero-order valence-electron chi connectivity index (χ0n) is 6.11. The Hall–Kier alpha value is -1.09. The Morgan fingerprint density at radius 3 is 2.80 bits per heavy atom. The van der Waals surface area contributed by atoms with Gasteiger partial charge in [-0.15, -0.1) is 0 Å². The second kappa shape index (κ2) is 6.04. The van der Waals surface area contributed by atoms with Crippen molar-refractivity contribution in [3.63, 3.8) is 0 Å². The lowest BCUT2D eigenvalue weighted by atomic mass is 10.3. The first-order valence-corrected chi connectivity index (χ1v) is 2.87. The predicted molar refractivity (Wildman–Crippen MR) is 41.0 cm³/mol. The van der Waals surface area contributed by atoms with Gasteiger partial charge in [-0.2, -0.15) is 0 Å². The standard InChI is InChI=1S/C7H11NO2/c1-7(6-10-9)4-3-5-8-2/h3-6,9H,1-2H3/b4-3-,7-6+,8-5?. The second-order valence-corrected chi connectivity index (χ2v) is 1.73. The van der Waals surface area contributed by atoms with Crippen molar-refractivity contribution in [2.75, 3.05) is 7.05 Å². The molecule has 3 heteroatoms. The van der Waals surface area contributed by atoms with Crippen molar-refractivity contribution in [2.24, 2.45) is 4.99 Å². The predicted octanol–water partition coefficient (Wildman–Crippen LogP) is 1.64. The molecular weight excluding hydrogens is 130 g/mol. The average molecular weight is 141 g/mol. The van der Waals surface area contributed by atoms with Crippen LogP contribution in [0, 0.1) is 0 Å². The highest BCUT2D eigenvalue weighted by Crippen LogP contribution is 1.92. The molecule has 0 radical (unpaired) electrons. The van der Waals surface area contributed by atoms with Crippen LogP contribution in [0.1, 0.15) is 6.92 Å². The molecule has 0 aromatic heterocycles. The van der Waals surface area contributed by atoms with Crippen LogP contribution in [0.5, 0.6) is 0 Å². The molecule has 0 atom stereocenters. The van der Waals surface area contributed by atoms with Crippen LogP contribution < -0.4 is 0 Å². The fourth-order valence-electron chi connectivity index (χ4n) is 0.403. The Morgan fingerprint density at radius 1 is 1.60 bits per heavy atom. The minimum absolute atomic E-state index is 0.822. The molecule has 0 spiro atoms. The van der Waals surface area contributed by atoms with Gasteiger partial charge in [-0.05, 0) is 18.6 Å². The zero-order valence-corrected chi connectivity index (χ0v) is 6.11. The molecule has 0 rings (SSSR count). The van der Waals surface area contributed by atoms with Gasteiger partial charge in [0.15, 0.2) is 0 Å². The topological polar surface area (TPSA) is 41.8 Å². The van der Waals surface area contributed by atoms with Crippen molar-refractivity contribution in [2.45, 2.75) is 6.92 Å². The lowest BCUT2D eigenvalue weighted by Gasteiger charge is -1.86. The first kappa shape index (κ1) is 8.91. The van der Waals surface area contributed by atoms with E-state index in [1.54, 1.807) is 32.3 Å². The molecule has 0 unspecified atom stereocenters. The molecule has 0 aromatic carbocycles. The number of aliphatic imine (C=N–C) groups is 1. The molecule has 56 valence electrons. The summed E-state index contributed by atoms with van der Waals surface area (Å²) in [6, 6.07) is 0. The van der Waals surface area contributed by atoms with Gasteiger partial charge in [0.25, 0.3) is 0 Å². The van der Waals surface area contributed by atoms with Crippen LogP contribution in [-0.4, -0.2) is 18.5 Å². The summed E-state index contributed by atoms with van der Waals surface area (Å²) in [5.41, 5.74) is 0.822. The van der Waals surface area contributed by atoms with Crippen LogP contribution in [0.2, 0.25) is 0 Å². The van der Waals surface area contributed by atoms with E-state index in [1.807, 2.05) is 0 Å². The highest BCUT2D eigenvalue weighted by atomic mass is 17.1. The van der Waals surface area contributed by atoms with Gasteiger partial charge in [0, 0.05) is 13.3 Å². The Morgan fingerprint density at radius 2 is 2.30 bits per heavy atom. The van der Waals surface area contributed by atoms with Gasteiger partial charge in [-0.3, -0.25) is 4.99 Å². The maximum absolute atomic E-state index is 7.95. The van der Waals surface area contributed by atoms with Crippen LogP contribution in [0.3, 0.4) is 0 Å². The first-order valence-electron chi connectivity index (χ1n) is 2.87. The van der Waals surface area contributed by atoms with Crippen molar-refractivity contribution in [1.82, 2.24) is 0 Å². The Labute approximate surface area is 60.3 Å². The fourth-order valence-corrected chi connectivity index (χ4v) is 0.403. The van der Waals surface area contributed by atoms with Gasteiger partial charge in [0.2, 0.25) is 0 Å². The van der Waals surface area contributed by atoms with Crippen molar-refractivity contribution in [3.8, 4) is 0 Å². The van der Waals surface area contributed by atoms with E-state index in [4.69, 9.17) is 5.26 Å². The molecule has 0 fully saturated rings. The third kappa shape index (κ3) is 5.05. The average Bonchev–Trinajstić information content (AvgIpc) is 1.89. The summed E-state index contributed by atoms with van der Waals surface area (Å²) in [4.78, 5) is 7.50. The van der Waals surface area contributed by atoms with Crippen LogP contribution >= 0.6 is 0 Å². The number of hydrogen-bond donors (Lipinski definition) is 1. The minimum atomic E-state index is 0.822. The summed E-state index contributed by atoms with van der Waals surface area (Å²) in [5.74, 6) is 0. The maximum Gasteiger partial charge on any atom is 0.132 e. The van der Waals surface area contributed by atoms with Crippen molar-refractivity contribution >= 4 is 6.21 Å². The van der Waals surface area contributed by atoms with E-state index in [-0.39, 0.29) is 0 Å². The van der Waals surface area contributed by atoms with Crippen molar-refractivity contribution in [3.05, 3.63) is 24.0 Å². The van der Waals surface area contributed by atoms with Crippen LogP contribution in [0.15, 0.2) is 29.0 Å². The second-order valence-electron chi connectivity index (χ2n) is 1.73. The summed E-state index contributed by atoms with van der Waals surface area (Å²) in [6.45, 7) is 1.80. The fraction of sp³-hybridized carbons (Fsp3) is 0.286. The molecule has 0 aromatic rings. The Balaban J connectivity index is 3.76. The van der Waals surface area contributed by atoms with Crippen molar-refractivity contribution < 1.29 is 10.1 Å². The number of nitrogens with zero attached hydrogens (tertiary/aromatic N) is 1. The maximum atomic E-state index is 7.95. The third-order valence-electron chi connectivity index (χ3n) is 0.833. The van der Waals surface area contributed by atoms with E-state index in [0.29, 0.717) is 0 Å². The van der Waals surface area contributed by atoms with Crippen LogP contribution in [0.25, 0.3) is 0 Å². The number of hydrogen-bond acceptors (Lipinski definition) is 3. The normalized spacial score (nSPS) is 13.3. The lowest BCUT2D eigenvalue weighted by Crippen LogP contribution is -1.72. The summed E-state index contributed by atoms with van der Waals surface area (Å²) in [7, 11) is 1.69. The Bertz CT molecular complexity index is 159. The third-order valence-corrected chi connectivity index (χ3v) is 0.833. The first-order chi connectivity index (χ1) is 4.81. The number of rotatable bonds is 3. The molecule has 0 saturated carbocycles. The highest BCUT2D eigenvalue weighted by Gasteiger charge is 1.77. The quantitative estimate of drug-likeness (QED) is 0.213. The SMILES string of the molecule is CN=C/C=C\C(C)=C\OO. The molecule has 0 saturated heterocycles. The molecule has 0 bridgehead atoms. The van der Waals surface area contributed by atoms with Crippen LogP contribution in [-0.2, 0) is 4.89 Å². The van der Waals surface area contributed by atoms with Crippen LogP contribution in [0.4, 0.5) is 0 Å². The number of allylic oxidation sites excluding steroid dienone is 3. The van der Waals surface area contributed by atoms with E-state index >= 15 is 0 Å².